The minimum Gasteiger partial charge on any atom is -0.444 e. The topological polar surface area (TPSA) is 42.2 Å². The van der Waals surface area contributed by atoms with Gasteiger partial charge in [0, 0.05) is 23.6 Å². The lowest BCUT2D eigenvalue weighted by atomic mass is 10.2. The molecule has 1 aromatic carbocycles. The molecule has 1 amide bonds. The van der Waals surface area contributed by atoms with E-state index in [1.54, 1.807) is 17.8 Å². The van der Waals surface area contributed by atoms with Crippen LogP contribution in [0.1, 0.15) is 27.2 Å². The number of nitrogens with one attached hydrogen (secondary N) is 1. The van der Waals surface area contributed by atoms with Gasteiger partial charge in [-0.05, 0) is 41.4 Å². The SMILES string of the molecule is Cc1ccc(CSCCNC(=O)c2oc(Br)cc2C)cc1. The first-order valence-corrected chi connectivity index (χ1v) is 8.68. The maximum atomic E-state index is 11.9. The molecular formula is C16H18BrNO2S. The zero-order valence-electron chi connectivity index (χ0n) is 12.1. The van der Waals surface area contributed by atoms with E-state index in [4.69, 9.17) is 4.42 Å². The molecule has 0 aliphatic carbocycles. The molecule has 0 aliphatic heterocycles. The van der Waals surface area contributed by atoms with Crippen molar-refractivity contribution >= 4 is 33.6 Å². The normalized spacial score (nSPS) is 10.6. The van der Waals surface area contributed by atoms with Gasteiger partial charge in [0.1, 0.15) is 0 Å². The summed E-state index contributed by atoms with van der Waals surface area (Å²) in [6, 6.07) is 10.3. The molecule has 1 heterocycles. The number of benzene rings is 1. The lowest BCUT2D eigenvalue weighted by molar-refractivity contribution is 0.0926. The highest BCUT2D eigenvalue weighted by Crippen LogP contribution is 2.19. The molecule has 0 unspecified atom stereocenters. The highest BCUT2D eigenvalue weighted by atomic mass is 79.9. The quantitative estimate of drug-likeness (QED) is 0.772. The highest BCUT2D eigenvalue weighted by molar-refractivity contribution is 9.10. The molecule has 1 N–H and O–H groups in total. The fourth-order valence-corrected chi connectivity index (χ4v) is 3.18. The Hall–Kier alpha value is -1.20. The fourth-order valence-electron chi connectivity index (χ4n) is 1.86. The van der Waals surface area contributed by atoms with Gasteiger partial charge in [0.15, 0.2) is 10.4 Å². The lowest BCUT2D eigenvalue weighted by Crippen LogP contribution is -2.25. The Balaban J connectivity index is 1.69. The second-order valence-corrected chi connectivity index (χ2v) is 6.74. The molecule has 0 radical (unpaired) electrons. The van der Waals surface area contributed by atoms with Crippen molar-refractivity contribution in [1.82, 2.24) is 5.32 Å². The summed E-state index contributed by atoms with van der Waals surface area (Å²) >= 11 is 5.03. The zero-order chi connectivity index (χ0) is 15.2. The number of rotatable bonds is 6. The number of amides is 1. The van der Waals surface area contributed by atoms with Crippen LogP contribution in [0.2, 0.25) is 0 Å². The number of carbonyl (C=O) groups excluding carboxylic acids is 1. The summed E-state index contributed by atoms with van der Waals surface area (Å²) in [4.78, 5) is 11.9. The monoisotopic (exact) mass is 367 g/mol. The molecule has 0 fully saturated rings. The number of hydrogen-bond acceptors (Lipinski definition) is 3. The van der Waals surface area contributed by atoms with Crippen LogP contribution in [0, 0.1) is 13.8 Å². The predicted octanol–water partition coefficient (Wildman–Crippen LogP) is 4.32. The number of hydrogen-bond donors (Lipinski definition) is 1. The molecule has 3 nitrogen and oxygen atoms in total. The molecule has 2 aromatic rings. The first-order chi connectivity index (χ1) is 10.1. The number of carbonyl (C=O) groups is 1. The van der Waals surface area contributed by atoms with Gasteiger partial charge >= 0.3 is 0 Å². The molecule has 2 rings (SSSR count). The third kappa shape index (κ3) is 4.93. The lowest BCUT2D eigenvalue weighted by Gasteiger charge is -2.05. The van der Waals surface area contributed by atoms with Gasteiger partial charge in [0.05, 0.1) is 0 Å². The van der Waals surface area contributed by atoms with Gasteiger partial charge in [-0.15, -0.1) is 0 Å². The second kappa shape index (κ2) is 7.71. The van der Waals surface area contributed by atoms with E-state index in [0.717, 1.165) is 17.1 Å². The summed E-state index contributed by atoms with van der Waals surface area (Å²) in [5.74, 6) is 2.06. The van der Waals surface area contributed by atoms with E-state index in [2.05, 4.69) is 52.4 Å². The number of halogens is 1. The largest absolute Gasteiger partial charge is 0.444 e. The second-order valence-electron chi connectivity index (χ2n) is 4.86. The predicted molar refractivity (Wildman–Crippen MR) is 90.8 cm³/mol. The van der Waals surface area contributed by atoms with Gasteiger partial charge in [-0.25, -0.2) is 0 Å². The van der Waals surface area contributed by atoms with E-state index >= 15 is 0 Å². The average Bonchev–Trinajstić information content (AvgIpc) is 2.79. The molecular weight excluding hydrogens is 350 g/mol. The zero-order valence-corrected chi connectivity index (χ0v) is 14.5. The molecule has 21 heavy (non-hydrogen) atoms. The minimum absolute atomic E-state index is 0.158. The van der Waals surface area contributed by atoms with Crippen molar-refractivity contribution in [1.29, 1.82) is 0 Å². The van der Waals surface area contributed by atoms with Crippen molar-refractivity contribution in [2.75, 3.05) is 12.3 Å². The van der Waals surface area contributed by atoms with E-state index < -0.39 is 0 Å². The first-order valence-electron chi connectivity index (χ1n) is 6.73. The Bertz CT molecular complexity index is 607. The Morgan fingerprint density at radius 1 is 1.29 bits per heavy atom. The van der Waals surface area contributed by atoms with Crippen molar-refractivity contribution in [3.63, 3.8) is 0 Å². The van der Waals surface area contributed by atoms with Crippen LogP contribution >= 0.6 is 27.7 Å². The van der Waals surface area contributed by atoms with Crippen LogP contribution in [0.3, 0.4) is 0 Å². The molecule has 0 saturated heterocycles. The van der Waals surface area contributed by atoms with E-state index in [-0.39, 0.29) is 5.91 Å². The van der Waals surface area contributed by atoms with Crippen molar-refractivity contribution < 1.29 is 9.21 Å². The Kier molecular flexibility index (Phi) is 5.94. The van der Waals surface area contributed by atoms with E-state index in [1.165, 1.54) is 11.1 Å². The molecule has 0 atom stereocenters. The van der Waals surface area contributed by atoms with E-state index in [1.807, 2.05) is 6.92 Å². The number of aryl methyl sites for hydroxylation is 2. The van der Waals surface area contributed by atoms with Gasteiger partial charge in [0.2, 0.25) is 0 Å². The maximum absolute atomic E-state index is 11.9. The Morgan fingerprint density at radius 3 is 2.62 bits per heavy atom. The highest BCUT2D eigenvalue weighted by Gasteiger charge is 2.13. The summed E-state index contributed by atoms with van der Waals surface area (Å²) in [6.07, 6.45) is 0. The van der Waals surface area contributed by atoms with Gasteiger partial charge in [-0.1, -0.05) is 29.8 Å². The number of furan rings is 1. The smallest absolute Gasteiger partial charge is 0.287 e. The van der Waals surface area contributed by atoms with E-state index in [9.17, 15) is 4.79 Å². The van der Waals surface area contributed by atoms with Gasteiger partial charge < -0.3 is 9.73 Å². The average molecular weight is 368 g/mol. The van der Waals surface area contributed by atoms with Gasteiger partial charge in [-0.2, -0.15) is 11.8 Å². The van der Waals surface area contributed by atoms with Crippen molar-refractivity contribution in [2.45, 2.75) is 19.6 Å². The Labute approximate surface area is 137 Å². The van der Waals surface area contributed by atoms with Gasteiger partial charge in [0.25, 0.3) is 5.91 Å². The first kappa shape index (κ1) is 16.2. The standard InChI is InChI=1S/C16H18BrNO2S/c1-11-3-5-13(6-4-11)10-21-8-7-18-16(19)15-12(2)9-14(17)20-15/h3-6,9H,7-8,10H2,1-2H3,(H,18,19). The van der Waals surface area contributed by atoms with Crippen molar-refractivity contribution in [3.05, 3.63) is 57.5 Å². The minimum atomic E-state index is -0.158. The van der Waals surface area contributed by atoms with Crippen molar-refractivity contribution in [2.24, 2.45) is 0 Å². The summed E-state index contributed by atoms with van der Waals surface area (Å²) in [6.45, 7) is 4.57. The number of thioether (sulfide) groups is 1. The molecule has 0 bridgehead atoms. The Morgan fingerprint density at radius 2 is 2.00 bits per heavy atom. The van der Waals surface area contributed by atoms with Crippen LogP contribution in [0.5, 0.6) is 0 Å². The third-order valence-electron chi connectivity index (χ3n) is 3.02. The molecule has 1 aromatic heterocycles. The fraction of sp³-hybridized carbons (Fsp3) is 0.312. The summed E-state index contributed by atoms with van der Waals surface area (Å²) in [7, 11) is 0. The molecule has 112 valence electrons. The van der Waals surface area contributed by atoms with Crippen LogP contribution in [0.15, 0.2) is 39.4 Å². The molecule has 0 saturated carbocycles. The van der Waals surface area contributed by atoms with Crippen LogP contribution in [0.25, 0.3) is 0 Å². The molecule has 0 spiro atoms. The van der Waals surface area contributed by atoms with Gasteiger partial charge in [-0.3, -0.25) is 4.79 Å². The van der Waals surface area contributed by atoms with E-state index in [0.29, 0.717) is 17.0 Å². The van der Waals surface area contributed by atoms with Crippen molar-refractivity contribution in [3.8, 4) is 0 Å². The molecule has 0 aliphatic rings. The third-order valence-corrected chi connectivity index (χ3v) is 4.44. The van der Waals surface area contributed by atoms with Crippen LogP contribution in [0.4, 0.5) is 0 Å². The summed E-state index contributed by atoms with van der Waals surface area (Å²) in [5, 5.41) is 2.87. The summed E-state index contributed by atoms with van der Waals surface area (Å²) in [5.41, 5.74) is 3.42. The molecule has 5 heteroatoms. The maximum Gasteiger partial charge on any atom is 0.287 e. The van der Waals surface area contributed by atoms with Crippen LogP contribution in [-0.2, 0) is 5.75 Å². The summed E-state index contributed by atoms with van der Waals surface area (Å²) < 4.78 is 5.89. The van der Waals surface area contributed by atoms with Crippen LogP contribution in [-0.4, -0.2) is 18.2 Å². The van der Waals surface area contributed by atoms with Crippen LogP contribution < -0.4 is 5.32 Å².